The highest BCUT2D eigenvalue weighted by molar-refractivity contribution is 5.95. The molecule has 0 bridgehead atoms. The number of hydrogen-bond donors (Lipinski definition) is 1. The fraction of sp³-hybridized carbons (Fsp3) is 0.280. The summed E-state index contributed by atoms with van der Waals surface area (Å²) in [6.07, 6.45) is 2.41. The predicted octanol–water partition coefficient (Wildman–Crippen LogP) is 3.32. The number of halogens is 1. The van der Waals surface area contributed by atoms with Crippen molar-refractivity contribution in [2.75, 3.05) is 36.4 Å². The number of rotatable bonds is 5. The first kappa shape index (κ1) is 21.1. The molecule has 1 aromatic heterocycles. The molecular weight excluding hydrogens is 421 g/mol. The Balaban J connectivity index is 1.13. The number of hydrogen-bond acceptors (Lipinski definition) is 5. The van der Waals surface area contributed by atoms with E-state index in [1.807, 2.05) is 36.4 Å². The molecule has 2 amide bonds. The van der Waals surface area contributed by atoms with E-state index in [9.17, 15) is 14.0 Å². The molecule has 2 aromatic carbocycles. The maximum atomic E-state index is 13.9. The molecule has 2 fully saturated rings. The molecule has 0 aliphatic carbocycles. The summed E-state index contributed by atoms with van der Waals surface area (Å²) in [5, 5.41) is 11.0. The smallest absolute Gasteiger partial charge is 0.256 e. The van der Waals surface area contributed by atoms with Crippen LogP contribution in [0.1, 0.15) is 28.3 Å². The maximum absolute atomic E-state index is 13.9. The topological polar surface area (TPSA) is 78.4 Å². The maximum Gasteiger partial charge on any atom is 0.256 e. The van der Waals surface area contributed by atoms with Crippen LogP contribution in [0.15, 0.2) is 66.9 Å². The van der Waals surface area contributed by atoms with Gasteiger partial charge >= 0.3 is 0 Å². The van der Waals surface area contributed by atoms with Gasteiger partial charge in [0.1, 0.15) is 5.82 Å². The van der Waals surface area contributed by atoms with Gasteiger partial charge < -0.3 is 15.1 Å². The van der Waals surface area contributed by atoms with Crippen molar-refractivity contribution in [3.05, 3.63) is 83.8 Å². The van der Waals surface area contributed by atoms with Crippen molar-refractivity contribution < 1.29 is 14.0 Å². The summed E-state index contributed by atoms with van der Waals surface area (Å²) < 4.78 is 13.9. The molecule has 0 saturated carbocycles. The van der Waals surface area contributed by atoms with E-state index in [0.29, 0.717) is 19.6 Å². The van der Waals surface area contributed by atoms with E-state index >= 15 is 0 Å². The molecule has 3 heterocycles. The van der Waals surface area contributed by atoms with Gasteiger partial charge in [0.2, 0.25) is 5.91 Å². The molecule has 2 aliphatic heterocycles. The Morgan fingerprint density at radius 1 is 0.970 bits per heavy atom. The van der Waals surface area contributed by atoms with Crippen LogP contribution in [-0.4, -0.2) is 53.1 Å². The van der Waals surface area contributed by atoms with Crippen LogP contribution in [0, 0.1) is 11.7 Å². The third kappa shape index (κ3) is 4.41. The minimum atomic E-state index is -0.492. The Labute approximate surface area is 191 Å². The van der Waals surface area contributed by atoms with Gasteiger partial charge in [0.25, 0.3) is 5.91 Å². The van der Waals surface area contributed by atoms with E-state index in [4.69, 9.17) is 0 Å². The predicted molar refractivity (Wildman–Crippen MR) is 122 cm³/mol. The Kier molecular flexibility index (Phi) is 5.73. The first-order chi connectivity index (χ1) is 16.1. The molecule has 2 aliphatic rings. The van der Waals surface area contributed by atoms with E-state index in [-0.39, 0.29) is 29.2 Å². The number of nitrogens with zero attached hydrogens (tertiary/aromatic N) is 4. The standard InChI is InChI=1S/C25H24FN5O2/c26-22-5-2-1-4-21(22)25(33)31-15-19(16-31)17-7-9-20(10-8-17)28-24(32)18-11-13-30(14-18)23-6-3-12-27-29-23/h1-10,12,18-19H,11,13-16H2,(H,28,32)/t18-/m0/s1. The lowest BCUT2D eigenvalue weighted by molar-refractivity contribution is -0.119. The van der Waals surface area contributed by atoms with Crippen molar-refractivity contribution in [2.24, 2.45) is 5.92 Å². The Morgan fingerprint density at radius 3 is 2.48 bits per heavy atom. The number of nitrogens with one attached hydrogen (secondary N) is 1. The van der Waals surface area contributed by atoms with Gasteiger partial charge in [-0.15, -0.1) is 5.10 Å². The monoisotopic (exact) mass is 445 g/mol. The van der Waals surface area contributed by atoms with Crippen molar-refractivity contribution >= 4 is 23.3 Å². The average molecular weight is 445 g/mol. The fourth-order valence-electron chi connectivity index (χ4n) is 4.39. The van der Waals surface area contributed by atoms with Crippen LogP contribution in [0.3, 0.4) is 0 Å². The second kappa shape index (κ2) is 8.97. The van der Waals surface area contributed by atoms with Gasteiger partial charge in [-0.2, -0.15) is 5.10 Å². The summed E-state index contributed by atoms with van der Waals surface area (Å²) in [6.45, 7) is 2.51. The molecule has 0 spiro atoms. The second-order valence-electron chi connectivity index (χ2n) is 8.51. The van der Waals surface area contributed by atoms with E-state index < -0.39 is 5.82 Å². The number of likely N-dealkylation sites (tertiary alicyclic amines) is 1. The number of carbonyl (C=O) groups is 2. The summed E-state index contributed by atoms with van der Waals surface area (Å²) in [6, 6.07) is 17.5. The number of amides is 2. The van der Waals surface area contributed by atoms with Gasteiger partial charge in [-0.3, -0.25) is 9.59 Å². The SMILES string of the molecule is O=C(Nc1ccc(C2CN(C(=O)c3ccccc3F)C2)cc1)[C@H]1CCN(c2cccnn2)C1. The van der Waals surface area contributed by atoms with Gasteiger partial charge in [0, 0.05) is 44.0 Å². The minimum Gasteiger partial charge on any atom is -0.354 e. The van der Waals surface area contributed by atoms with Crippen LogP contribution in [0.2, 0.25) is 0 Å². The number of anilines is 2. The van der Waals surface area contributed by atoms with E-state index in [1.165, 1.54) is 12.1 Å². The number of aromatic nitrogens is 2. The zero-order valence-electron chi connectivity index (χ0n) is 18.0. The molecule has 7 nitrogen and oxygen atoms in total. The van der Waals surface area contributed by atoms with Crippen LogP contribution in [-0.2, 0) is 4.79 Å². The highest BCUT2D eigenvalue weighted by Gasteiger charge is 2.33. The van der Waals surface area contributed by atoms with Crippen molar-refractivity contribution in [1.82, 2.24) is 15.1 Å². The van der Waals surface area contributed by atoms with Crippen molar-refractivity contribution in [1.29, 1.82) is 0 Å². The van der Waals surface area contributed by atoms with E-state index in [1.54, 1.807) is 23.2 Å². The summed E-state index contributed by atoms with van der Waals surface area (Å²) in [5.74, 6) is 0.130. The number of benzene rings is 2. The average Bonchev–Trinajstić information content (AvgIpc) is 3.31. The van der Waals surface area contributed by atoms with Gasteiger partial charge in [-0.1, -0.05) is 24.3 Å². The van der Waals surface area contributed by atoms with Crippen LogP contribution in [0.25, 0.3) is 0 Å². The molecule has 5 rings (SSSR count). The third-order valence-corrected chi connectivity index (χ3v) is 6.36. The first-order valence-electron chi connectivity index (χ1n) is 11.1. The molecule has 3 aromatic rings. The Hall–Kier alpha value is -3.81. The lowest BCUT2D eigenvalue weighted by Gasteiger charge is -2.39. The summed E-state index contributed by atoms with van der Waals surface area (Å²) in [4.78, 5) is 28.9. The molecule has 0 radical (unpaired) electrons. The second-order valence-corrected chi connectivity index (χ2v) is 8.51. The van der Waals surface area contributed by atoms with Gasteiger partial charge in [-0.05, 0) is 48.4 Å². The van der Waals surface area contributed by atoms with Crippen molar-refractivity contribution in [3.8, 4) is 0 Å². The fourth-order valence-corrected chi connectivity index (χ4v) is 4.39. The summed E-state index contributed by atoms with van der Waals surface area (Å²) in [5.41, 5.74) is 1.96. The van der Waals surface area contributed by atoms with Crippen molar-refractivity contribution in [2.45, 2.75) is 12.3 Å². The van der Waals surface area contributed by atoms with Crippen LogP contribution < -0.4 is 10.2 Å². The molecule has 1 atom stereocenters. The third-order valence-electron chi connectivity index (χ3n) is 6.36. The molecule has 168 valence electrons. The lowest BCUT2D eigenvalue weighted by atomic mass is 9.90. The largest absolute Gasteiger partial charge is 0.354 e. The summed E-state index contributed by atoms with van der Waals surface area (Å²) in [7, 11) is 0. The molecule has 2 saturated heterocycles. The minimum absolute atomic E-state index is 0.000515. The highest BCUT2D eigenvalue weighted by atomic mass is 19.1. The van der Waals surface area contributed by atoms with Gasteiger partial charge in [0.05, 0.1) is 11.5 Å². The molecule has 0 unspecified atom stereocenters. The highest BCUT2D eigenvalue weighted by Crippen LogP contribution is 2.30. The van der Waals surface area contributed by atoms with Crippen LogP contribution in [0.5, 0.6) is 0 Å². The summed E-state index contributed by atoms with van der Waals surface area (Å²) >= 11 is 0. The Morgan fingerprint density at radius 2 is 1.76 bits per heavy atom. The van der Waals surface area contributed by atoms with Crippen molar-refractivity contribution in [3.63, 3.8) is 0 Å². The normalized spacial score (nSPS) is 18.2. The van der Waals surface area contributed by atoms with E-state index in [2.05, 4.69) is 20.4 Å². The quantitative estimate of drug-likeness (QED) is 0.652. The molecule has 8 heteroatoms. The zero-order valence-corrected chi connectivity index (χ0v) is 18.0. The molecule has 33 heavy (non-hydrogen) atoms. The van der Waals surface area contributed by atoms with Crippen LogP contribution in [0.4, 0.5) is 15.9 Å². The Bertz CT molecular complexity index is 1150. The van der Waals surface area contributed by atoms with E-state index in [0.717, 1.165) is 30.0 Å². The van der Waals surface area contributed by atoms with Gasteiger partial charge in [0.15, 0.2) is 5.82 Å². The van der Waals surface area contributed by atoms with Gasteiger partial charge in [-0.25, -0.2) is 4.39 Å². The first-order valence-corrected chi connectivity index (χ1v) is 11.1. The molecular formula is C25H24FN5O2. The number of carbonyl (C=O) groups excluding carboxylic acids is 2. The molecule has 1 N–H and O–H groups in total. The lowest BCUT2D eigenvalue weighted by Crippen LogP contribution is -2.48. The zero-order chi connectivity index (χ0) is 22.8. The van der Waals surface area contributed by atoms with Crippen LogP contribution >= 0.6 is 0 Å².